The second kappa shape index (κ2) is 3.00. The van der Waals surface area contributed by atoms with Crippen molar-refractivity contribution < 1.29 is 27.0 Å². The van der Waals surface area contributed by atoms with Crippen LogP contribution in [0.3, 0.4) is 0 Å². The summed E-state index contributed by atoms with van der Waals surface area (Å²) in [5, 5.41) is 7.43. The van der Waals surface area contributed by atoms with Crippen molar-refractivity contribution in [2.24, 2.45) is 0 Å². The van der Waals surface area contributed by atoms with Crippen molar-refractivity contribution in [1.82, 2.24) is 4.41 Å². The summed E-state index contributed by atoms with van der Waals surface area (Å²) in [6, 6.07) is 0. The molecule has 6 nitrogen and oxygen atoms in total. The van der Waals surface area contributed by atoms with Crippen molar-refractivity contribution >= 4 is 11.3 Å². The molecule has 0 amide bonds. The smallest absolute Gasteiger partial charge is 0.285 e. The van der Waals surface area contributed by atoms with E-state index in [0.717, 1.165) is 0 Å². The minimum Gasteiger partial charge on any atom is -0.285 e. The van der Waals surface area contributed by atoms with E-state index in [9.17, 15) is 27.5 Å². The van der Waals surface area contributed by atoms with E-state index in [1.165, 1.54) is 0 Å². The van der Waals surface area contributed by atoms with Gasteiger partial charge in [-0.1, -0.05) is 0 Å². The molecule has 0 aliphatic heterocycles. The normalized spacial score (nSPS) is 14.2. The second-order valence-corrected chi connectivity index (χ2v) is 2.02. The molecule has 0 fully saturated rings. The van der Waals surface area contributed by atoms with Gasteiger partial charge in [-0.25, -0.2) is 10.1 Å². The zero-order chi connectivity index (χ0) is 9.23. The van der Waals surface area contributed by atoms with Gasteiger partial charge in [0.05, 0.1) is 4.41 Å². The first kappa shape index (κ1) is 10.1. The highest BCUT2D eigenvalue weighted by atomic mass is 32.2. The van der Waals surface area contributed by atoms with E-state index in [0.29, 0.717) is 0 Å². The number of hydrogen-bond donors (Lipinski definition) is 1. The topological polar surface area (TPSA) is 83.7 Å². The van der Waals surface area contributed by atoms with Crippen LogP contribution in [0.5, 0.6) is 0 Å². The number of nitro groups is 1. The van der Waals surface area contributed by atoms with Gasteiger partial charge in [0.25, 0.3) is 0 Å². The predicted molar refractivity (Wildman–Crippen MR) is 25.7 cm³/mol. The number of hydrazine groups is 1. The van der Waals surface area contributed by atoms with E-state index in [4.69, 9.17) is 4.55 Å². The van der Waals surface area contributed by atoms with Crippen LogP contribution in [0.4, 0.5) is 13.2 Å². The van der Waals surface area contributed by atoms with Crippen molar-refractivity contribution in [3.8, 4) is 0 Å². The van der Waals surface area contributed by atoms with Gasteiger partial charge >= 0.3 is 17.6 Å². The third-order valence-electron chi connectivity index (χ3n) is 0.513. The highest BCUT2D eigenvalue weighted by molar-refractivity contribution is 7.76. The van der Waals surface area contributed by atoms with Gasteiger partial charge in [0.1, 0.15) is 0 Å². The number of hydrogen-bond acceptors (Lipinski definition) is 3. The van der Waals surface area contributed by atoms with Gasteiger partial charge in [-0.05, 0) is 0 Å². The molecule has 0 bridgehead atoms. The van der Waals surface area contributed by atoms with E-state index >= 15 is 0 Å². The molecule has 11 heavy (non-hydrogen) atoms. The standard InChI is InChI=1S/CHF3N2O4S/c2-1(3,4)5(6(7)8)11(9)10/h(H,9,10). The fraction of sp³-hybridized carbons (Fsp3) is 1.00. The minimum absolute atomic E-state index is 1.73. The Balaban J connectivity index is 4.63. The summed E-state index contributed by atoms with van der Waals surface area (Å²) in [6.07, 6.45) is -5.46. The molecule has 0 aromatic heterocycles. The largest absolute Gasteiger partial charge is 0.552 e. The summed E-state index contributed by atoms with van der Waals surface area (Å²) in [7, 11) is 0. The molecule has 66 valence electrons. The van der Waals surface area contributed by atoms with Crippen LogP contribution >= 0.6 is 0 Å². The molecule has 0 aromatic rings. The summed E-state index contributed by atoms with van der Waals surface area (Å²) < 4.78 is 49.7. The molecule has 0 spiro atoms. The Bertz CT molecular complexity index is 176. The van der Waals surface area contributed by atoms with Gasteiger partial charge in [-0.3, -0.25) is 4.55 Å². The highest BCUT2D eigenvalue weighted by Crippen LogP contribution is 2.21. The number of rotatable bonds is 2. The molecular formula is CHF3N2O4S. The molecule has 0 rings (SSSR count). The average molecular weight is 194 g/mol. The van der Waals surface area contributed by atoms with Crippen LogP contribution in [0.2, 0.25) is 0 Å². The Morgan fingerprint density at radius 1 is 1.55 bits per heavy atom. The van der Waals surface area contributed by atoms with Gasteiger partial charge in [0, 0.05) is 0 Å². The monoisotopic (exact) mass is 194 g/mol. The Kier molecular flexibility index (Phi) is 2.76. The van der Waals surface area contributed by atoms with Crippen LogP contribution in [0.15, 0.2) is 0 Å². The lowest BCUT2D eigenvalue weighted by Gasteiger charge is -2.10. The quantitative estimate of drug-likeness (QED) is 0.293. The van der Waals surface area contributed by atoms with Crippen LogP contribution in [0, 0.1) is 10.1 Å². The molecule has 0 aliphatic carbocycles. The number of alkyl halides is 3. The zero-order valence-electron chi connectivity index (χ0n) is 4.61. The Morgan fingerprint density at radius 3 is 1.91 bits per heavy atom. The maximum Gasteiger partial charge on any atom is 0.552 e. The van der Waals surface area contributed by atoms with Crippen LogP contribution in [-0.2, 0) is 11.3 Å². The Labute approximate surface area is 60.1 Å². The third-order valence-corrected chi connectivity index (χ3v) is 1.15. The first-order valence-corrected chi connectivity index (χ1v) is 2.95. The third kappa shape index (κ3) is 2.67. The Hall–Kier alpha value is -0.900. The molecule has 0 aliphatic rings. The molecule has 0 heterocycles. The van der Waals surface area contributed by atoms with Crippen molar-refractivity contribution in [2.45, 2.75) is 6.30 Å². The van der Waals surface area contributed by atoms with Gasteiger partial charge in [0.15, 0.2) is 5.03 Å². The lowest BCUT2D eigenvalue weighted by Crippen LogP contribution is -2.43. The maximum atomic E-state index is 11.4. The van der Waals surface area contributed by atoms with Crippen LogP contribution < -0.4 is 0 Å². The van der Waals surface area contributed by atoms with Crippen molar-refractivity contribution in [2.75, 3.05) is 0 Å². The summed E-state index contributed by atoms with van der Waals surface area (Å²) in [5.74, 6) is 0. The summed E-state index contributed by atoms with van der Waals surface area (Å²) in [5.41, 5.74) is 0. The second-order valence-electron chi connectivity index (χ2n) is 1.21. The van der Waals surface area contributed by atoms with Crippen molar-refractivity contribution in [3.63, 3.8) is 0 Å². The predicted octanol–water partition coefficient (Wildman–Crippen LogP) is 0.137. The molecule has 0 radical (unpaired) electrons. The first-order chi connectivity index (χ1) is 4.76. The Morgan fingerprint density at radius 2 is 1.91 bits per heavy atom. The van der Waals surface area contributed by atoms with E-state index < -0.39 is 27.0 Å². The summed E-state index contributed by atoms with van der Waals surface area (Å²) in [4.78, 5) is 9.45. The van der Waals surface area contributed by atoms with Crippen LogP contribution in [0.1, 0.15) is 0 Å². The molecule has 0 saturated heterocycles. The van der Waals surface area contributed by atoms with Gasteiger partial charge in [-0.2, -0.15) is 4.21 Å². The van der Waals surface area contributed by atoms with Crippen molar-refractivity contribution in [1.29, 1.82) is 0 Å². The van der Waals surface area contributed by atoms with Gasteiger partial charge in [-0.15, -0.1) is 13.2 Å². The lowest BCUT2D eigenvalue weighted by atomic mass is 11.2. The van der Waals surface area contributed by atoms with Crippen LogP contribution in [0.25, 0.3) is 0 Å². The zero-order valence-corrected chi connectivity index (χ0v) is 5.43. The van der Waals surface area contributed by atoms with Gasteiger partial charge in [0.2, 0.25) is 0 Å². The van der Waals surface area contributed by atoms with E-state index in [1.54, 1.807) is 0 Å². The van der Waals surface area contributed by atoms with E-state index in [-0.39, 0.29) is 0 Å². The van der Waals surface area contributed by atoms with Crippen molar-refractivity contribution in [3.05, 3.63) is 10.1 Å². The van der Waals surface area contributed by atoms with Gasteiger partial charge < -0.3 is 0 Å². The molecule has 10 heteroatoms. The maximum absolute atomic E-state index is 11.4. The summed E-state index contributed by atoms with van der Waals surface area (Å²) >= 11 is -3.69. The van der Waals surface area contributed by atoms with E-state index in [2.05, 4.69) is 0 Å². The van der Waals surface area contributed by atoms with Crippen LogP contribution in [-0.4, -0.2) is 24.5 Å². The minimum atomic E-state index is -5.46. The fourth-order valence-corrected chi connectivity index (χ4v) is 0.529. The first-order valence-electron chi connectivity index (χ1n) is 1.89. The molecule has 1 unspecified atom stereocenters. The number of nitrogens with zero attached hydrogens (tertiary/aromatic N) is 2. The number of halogens is 3. The molecule has 0 saturated carbocycles. The highest BCUT2D eigenvalue weighted by Gasteiger charge is 2.50. The SMILES string of the molecule is O=[N+]([O-])N(S(=O)O)C(F)(F)F. The fourth-order valence-electron chi connectivity index (χ4n) is 0.238. The lowest BCUT2D eigenvalue weighted by molar-refractivity contribution is -0.670. The molecule has 1 N–H and O–H groups in total. The average Bonchev–Trinajstić information content (AvgIpc) is 1.54. The molecule has 1 atom stereocenters. The molecule has 0 aromatic carbocycles. The van der Waals surface area contributed by atoms with E-state index in [1.807, 2.05) is 0 Å². The summed E-state index contributed by atoms with van der Waals surface area (Å²) in [6.45, 7) is 0. The molecular weight excluding hydrogens is 193 g/mol.